The van der Waals surface area contributed by atoms with Gasteiger partial charge in [0.1, 0.15) is 0 Å². The molecule has 1 aliphatic heterocycles. The first kappa shape index (κ1) is 17.7. The van der Waals surface area contributed by atoms with Crippen molar-refractivity contribution in [3.05, 3.63) is 40.8 Å². The van der Waals surface area contributed by atoms with Gasteiger partial charge in [0.2, 0.25) is 10.0 Å². The first-order valence-electron chi connectivity index (χ1n) is 7.14. The Bertz CT molecular complexity index is 831. The molecule has 1 atom stereocenters. The summed E-state index contributed by atoms with van der Waals surface area (Å²) < 4.78 is 49.3. The van der Waals surface area contributed by atoms with Crippen LogP contribution in [0.4, 0.5) is 0 Å². The van der Waals surface area contributed by atoms with E-state index in [4.69, 9.17) is 6.42 Å². The highest BCUT2D eigenvalue weighted by Crippen LogP contribution is 2.21. The highest BCUT2D eigenvalue weighted by atomic mass is 32.2. The molecule has 0 amide bonds. The minimum atomic E-state index is -3.78. The summed E-state index contributed by atoms with van der Waals surface area (Å²) in [5, 5.41) is 1.08. The van der Waals surface area contributed by atoms with Crippen molar-refractivity contribution in [2.75, 3.05) is 18.1 Å². The number of hydrogen-bond donors (Lipinski definition) is 0. The summed E-state index contributed by atoms with van der Waals surface area (Å²) in [5.41, 5.74) is 1.83. The Balaban J connectivity index is 2.23. The van der Waals surface area contributed by atoms with Gasteiger partial charge >= 0.3 is 0 Å². The number of sulfonamides is 1. The molecule has 0 bridgehead atoms. The molecular weight excluding hydrogens is 334 g/mol. The summed E-state index contributed by atoms with van der Waals surface area (Å²) in [5.74, 6) is 2.12. The smallest absolute Gasteiger partial charge is 0.229 e. The Hall–Kier alpha value is -1.62. The quantitative estimate of drug-likeness (QED) is 0.751. The highest BCUT2D eigenvalue weighted by molar-refractivity contribution is 7.93. The van der Waals surface area contributed by atoms with E-state index in [0.29, 0.717) is 0 Å². The fourth-order valence-electron chi connectivity index (χ4n) is 2.44. The van der Waals surface area contributed by atoms with Crippen LogP contribution in [0.15, 0.2) is 29.7 Å². The van der Waals surface area contributed by atoms with Crippen LogP contribution in [-0.4, -0.2) is 45.2 Å². The Morgan fingerprint density at radius 2 is 2.00 bits per heavy atom. The largest absolute Gasteiger partial charge is 0.237 e. The van der Waals surface area contributed by atoms with E-state index in [-0.39, 0.29) is 24.5 Å². The molecule has 0 saturated carbocycles. The van der Waals surface area contributed by atoms with E-state index in [1.165, 1.54) is 6.08 Å². The lowest BCUT2D eigenvalue weighted by molar-refractivity contribution is 0.376. The molecule has 5 nitrogen and oxygen atoms in total. The molecule has 1 aromatic carbocycles. The summed E-state index contributed by atoms with van der Waals surface area (Å²) in [7, 11) is -6.97. The van der Waals surface area contributed by atoms with E-state index in [1.807, 2.05) is 31.2 Å². The van der Waals surface area contributed by atoms with Crippen LogP contribution in [0.25, 0.3) is 6.08 Å². The van der Waals surface area contributed by atoms with Gasteiger partial charge in [0.15, 0.2) is 9.84 Å². The Kier molecular flexibility index (Phi) is 5.30. The normalized spacial score (nSPS) is 20.8. The Morgan fingerprint density at radius 1 is 1.35 bits per heavy atom. The van der Waals surface area contributed by atoms with Gasteiger partial charge in [0.05, 0.1) is 18.1 Å². The molecule has 1 saturated heterocycles. The van der Waals surface area contributed by atoms with E-state index in [9.17, 15) is 16.8 Å². The third-order valence-electron chi connectivity index (χ3n) is 3.70. The van der Waals surface area contributed by atoms with Crippen LogP contribution in [-0.2, 0) is 19.9 Å². The summed E-state index contributed by atoms with van der Waals surface area (Å²) in [6.07, 6.45) is 7.02. The summed E-state index contributed by atoms with van der Waals surface area (Å²) in [6.45, 7) is 1.81. The van der Waals surface area contributed by atoms with Gasteiger partial charge in [-0.2, -0.15) is 4.31 Å². The third kappa shape index (κ3) is 4.67. The maximum absolute atomic E-state index is 12.5. The van der Waals surface area contributed by atoms with Crippen molar-refractivity contribution in [3.63, 3.8) is 0 Å². The molecule has 1 fully saturated rings. The molecule has 0 radical (unpaired) electrons. The van der Waals surface area contributed by atoms with Crippen LogP contribution in [0.3, 0.4) is 0 Å². The number of nitrogens with zero attached hydrogens (tertiary/aromatic N) is 1. The average molecular weight is 353 g/mol. The van der Waals surface area contributed by atoms with E-state index in [0.717, 1.165) is 20.8 Å². The molecule has 0 spiro atoms. The van der Waals surface area contributed by atoms with Gasteiger partial charge in [-0.05, 0) is 25.0 Å². The van der Waals surface area contributed by atoms with Gasteiger partial charge in [-0.1, -0.05) is 35.7 Å². The number of rotatable bonds is 5. The zero-order chi connectivity index (χ0) is 17.1. The molecule has 124 valence electrons. The standard InChI is InChI=1S/C16H19NO4S2/c1-3-10-17(16-9-11-22(18,19)13-16)23(20,21)12-8-15-6-4-14(2)5-7-15/h1,4-8,12,16H,9-11,13H2,2H3. The van der Waals surface area contributed by atoms with Crippen molar-refractivity contribution < 1.29 is 16.8 Å². The van der Waals surface area contributed by atoms with Crippen molar-refractivity contribution in [3.8, 4) is 12.3 Å². The van der Waals surface area contributed by atoms with Crippen LogP contribution >= 0.6 is 0 Å². The van der Waals surface area contributed by atoms with Crippen LogP contribution in [0, 0.1) is 19.3 Å². The number of aryl methyl sites for hydroxylation is 1. The molecule has 1 heterocycles. The molecule has 2 rings (SSSR count). The fourth-order valence-corrected chi connectivity index (χ4v) is 5.60. The van der Waals surface area contributed by atoms with Crippen molar-refractivity contribution in [1.82, 2.24) is 4.31 Å². The molecule has 23 heavy (non-hydrogen) atoms. The lowest BCUT2D eigenvalue weighted by Crippen LogP contribution is -2.40. The van der Waals surface area contributed by atoms with Crippen LogP contribution in [0.1, 0.15) is 17.5 Å². The molecule has 1 aromatic rings. The summed E-state index contributed by atoms with van der Waals surface area (Å²) in [4.78, 5) is 0. The van der Waals surface area contributed by atoms with Gasteiger partial charge in [0, 0.05) is 11.4 Å². The summed E-state index contributed by atoms with van der Waals surface area (Å²) >= 11 is 0. The number of benzene rings is 1. The molecule has 0 aliphatic carbocycles. The topological polar surface area (TPSA) is 71.5 Å². The fraction of sp³-hybridized carbons (Fsp3) is 0.375. The minimum absolute atomic E-state index is 0.00403. The SMILES string of the molecule is C#CCN(C1CCS(=O)(=O)C1)S(=O)(=O)C=Cc1ccc(C)cc1. The van der Waals surface area contributed by atoms with Crippen molar-refractivity contribution in [2.45, 2.75) is 19.4 Å². The first-order chi connectivity index (χ1) is 10.7. The second-order valence-electron chi connectivity index (χ2n) is 5.56. The third-order valence-corrected chi connectivity index (χ3v) is 7.01. The second-order valence-corrected chi connectivity index (χ2v) is 9.56. The molecule has 1 aliphatic rings. The van der Waals surface area contributed by atoms with Gasteiger partial charge < -0.3 is 0 Å². The van der Waals surface area contributed by atoms with Gasteiger partial charge in [-0.25, -0.2) is 16.8 Å². The second kappa shape index (κ2) is 6.87. The lowest BCUT2D eigenvalue weighted by atomic mass is 10.2. The van der Waals surface area contributed by atoms with E-state index in [1.54, 1.807) is 0 Å². The van der Waals surface area contributed by atoms with Crippen LogP contribution in [0.2, 0.25) is 0 Å². The maximum atomic E-state index is 12.5. The van der Waals surface area contributed by atoms with Crippen LogP contribution in [0.5, 0.6) is 0 Å². The Labute approximate surface area is 138 Å². The van der Waals surface area contributed by atoms with E-state index >= 15 is 0 Å². The minimum Gasteiger partial charge on any atom is -0.229 e. The molecular formula is C16H19NO4S2. The monoisotopic (exact) mass is 353 g/mol. The van der Waals surface area contributed by atoms with Crippen molar-refractivity contribution >= 4 is 25.9 Å². The van der Waals surface area contributed by atoms with Crippen LogP contribution < -0.4 is 0 Å². The molecule has 0 N–H and O–H groups in total. The van der Waals surface area contributed by atoms with Gasteiger partial charge in [-0.15, -0.1) is 6.42 Å². The zero-order valence-corrected chi connectivity index (χ0v) is 14.5. The predicted molar refractivity (Wildman–Crippen MR) is 91.7 cm³/mol. The maximum Gasteiger partial charge on any atom is 0.237 e. The zero-order valence-electron chi connectivity index (χ0n) is 12.8. The van der Waals surface area contributed by atoms with E-state index < -0.39 is 25.9 Å². The first-order valence-corrected chi connectivity index (χ1v) is 10.5. The van der Waals surface area contributed by atoms with E-state index in [2.05, 4.69) is 5.92 Å². The molecule has 0 aromatic heterocycles. The number of hydrogen-bond acceptors (Lipinski definition) is 4. The summed E-state index contributed by atoms with van der Waals surface area (Å²) in [6, 6.07) is 6.80. The van der Waals surface area contributed by atoms with Gasteiger partial charge in [0.25, 0.3) is 0 Å². The van der Waals surface area contributed by atoms with Gasteiger partial charge in [-0.3, -0.25) is 0 Å². The number of sulfone groups is 1. The predicted octanol–water partition coefficient (Wildman–Crippen LogP) is 1.42. The van der Waals surface area contributed by atoms with Crippen molar-refractivity contribution in [1.29, 1.82) is 0 Å². The molecule has 7 heteroatoms. The number of terminal acetylenes is 1. The lowest BCUT2D eigenvalue weighted by Gasteiger charge is -2.23. The highest BCUT2D eigenvalue weighted by Gasteiger charge is 2.36. The average Bonchev–Trinajstić information content (AvgIpc) is 2.84. The Morgan fingerprint density at radius 3 is 2.52 bits per heavy atom. The molecule has 1 unspecified atom stereocenters. The van der Waals surface area contributed by atoms with Crippen molar-refractivity contribution in [2.24, 2.45) is 0 Å².